The molecule has 0 spiro atoms. The average Bonchev–Trinajstić information content (AvgIpc) is 2.34. The molecule has 4 nitrogen and oxygen atoms in total. The molecular formula is C13H14O4. The number of ether oxygens (including phenoxy) is 2. The fourth-order valence-corrected chi connectivity index (χ4v) is 1.83. The van der Waals surface area contributed by atoms with E-state index in [4.69, 9.17) is 13.9 Å². The third-order valence-electron chi connectivity index (χ3n) is 2.91. The largest absolute Gasteiger partial charge is 0.497 e. The molecule has 0 fully saturated rings. The van der Waals surface area contributed by atoms with Crippen LogP contribution in [0, 0.1) is 13.8 Å². The first-order valence-electron chi connectivity index (χ1n) is 5.24. The molecule has 1 aromatic carbocycles. The third kappa shape index (κ3) is 1.75. The zero-order chi connectivity index (χ0) is 12.6. The first-order chi connectivity index (χ1) is 8.08. The van der Waals surface area contributed by atoms with Crippen molar-refractivity contribution in [3.63, 3.8) is 0 Å². The van der Waals surface area contributed by atoms with Crippen molar-refractivity contribution >= 4 is 10.8 Å². The van der Waals surface area contributed by atoms with Crippen molar-refractivity contribution in [1.29, 1.82) is 0 Å². The van der Waals surface area contributed by atoms with Gasteiger partial charge in [-0.05, 0) is 25.5 Å². The molecule has 0 saturated carbocycles. The number of hydrogen-bond donors (Lipinski definition) is 0. The number of benzene rings is 1. The van der Waals surface area contributed by atoms with E-state index in [0.717, 1.165) is 10.9 Å². The fourth-order valence-electron chi connectivity index (χ4n) is 1.83. The molecule has 4 heteroatoms. The summed E-state index contributed by atoms with van der Waals surface area (Å²) in [6.07, 6.45) is 0. The van der Waals surface area contributed by atoms with Crippen molar-refractivity contribution in [1.82, 2.24) is 0 Å². The van der Waals surface area contributed by atoms with Crippen LogP contribution in [-0.2, 0) is 0 Å². The van der Waals surface area contributed by atoms with E-state index >= 15 is 0 Å². The predicted octanol–water partition coefficient (Wildman–Crippen LogP) is 2.43. The minimum atomic E-state index is -0.386. The smallest absolute Gasteiger partial charge is 0.347 e. The van der Waals surface area contributed by atoms with Gasteiger partial charge in [0.1, 0.15) is 22.6 Å². The van der Waals surface area contributed by atoms with Gasteiger partial charge in [0.25, 0.3) is 0 Å². The summed E-state index contributed by atoms with van der Waals surface area (Å²) < 4.78 is 15.6. The van der Waals surface area contributed by atoms with E-state index in [0.29, 0.717) is 22.6 Å². The second kappa shape index (κ2) is 4.13. The van der Waals surface area contributed by atoms with Crippen molar-refractivity contribution in [2.24, 2.45) is 0 Å². The fraction of sp³-hybridized carbons (Fsp3) is 0.308. The topological polar surface area (TPSA) is 48.7 Å². The highest BCUT2D eigenvalue weighted by Crippen LogP contribution is 2.31. The van der Waals surface area contributed by atoms with Crippen LogP contribution in [0.2, 0.25) is 0 Å². The third-order valence-corrected chi connectivity index (χ3v) is 2.91. The lowest BCUT2D eigenvalue weighted by Crippen LogP contribution is -2.05. The Balaban J connectivity index is 2.98. The van der Waals surface area contributed by atoms with E-state index < -0.39 is 0 Å². The molecule has 2 aromatic rings. The van der Waals surface area contributed by atoms with Gasteiger partial charge in [-0.2, -0.15) is 0 Å². The van der Waals surface area contributed by atoms with Gasteiger partial charge in [0, 0.05) is 11.5 Å². The first kappa shape index (κ1) is 11.5. The zero-order valence-electron chi connectivity index (χ0n) is 10.3. The quantitative estimate of drug-likeness (QED) is 0.800. The average molecular weight is 234 g/mol. The van der Waals surface area contributed by atoms with Crippen LogP contribution in [0.5, 0.6) is 11.5 Å². The summed E-state index contributed by atoms with van der Waals surface area (Å²) in [6, 6.07) is 3.49. The van der Waals surface area contributed by atoms with Crippen molar-refractivity contribution in [3.05, 3.63) is 33.9 Å². The van der Waals surface area contributed by atoms with Gasteiger partial charge in [0.2, 0.25) is 0 Å². The van der Waals surface area contributed by atoms with Gasteiger partial charge in [0.15, 0.2) is 0 Å². The Morgan fingerprint density at radius 2 is 1.82 bits per heavy atom. The van der Waals surface area contributed by atoms with Gasteiger partial charge in [-0.15, -0.1) is 0 Å². The Morgan fingerprint density at radius 3 is 2.41 bits per heavy atom. The Hall–Kier alpha value is -1.97. The lowest BCUT2D eigenvalue weighted by molar-refractivity contribution is 0.396. The molecular weight excluding hydrogens is 220 g/mol. The summed E-state index contributed by atoms with van der Waals surface area (Å²) in [5.41, 5.74) is 0.527. The van der Waals surface area contributed by atoms with E-state index in [1.54, 1.807) is 20.1 Å². The summed E-state index contributed by atoms with van der Waals surface area (Å²) in [4.78, 5) is 11.8. The molecule has 2 rings (SSSR count). The van der Waals surface area contributed by atoms with Gasteiger partial charge in [-0.25, -0.2) is 4.79 Å². The van der Waals surface area contributed by atoms with E-state index in [2.05, 4.69) is 0 Å². The minimum Gasteiger partial charge on any atom is -0.497 e. The zero-order valence-corrected chi connectivity index (χ0v) is 10.3. The first-order valence-corrected chi connectivity index (χ1v) is 5.24. The van der Waals surface area contributed by atoms with Crippen molar-refractivity contribution in [2.75, 3.05) is 14.2 Å². The number of rotatable bonds is 2. The summed E-state index contributed by atoms with van der Waals surface area (Å²) in [6.45, 7) is 3.67. The second-order valence-corrected chi connectivity index (χ2v) is 3.82. The molecule has 0 bridgehead atoms. The molecule has 17 heavy (non-hydrogen) atoms. The summed E-state index contributed by atoms with van der Waals surface area (Å²) in [7, 11) is 3.09. The van der Waals surface area contributed by atoms with E-state index in [1.165, 1.54) is 7.11 Å². The molecule has 0 N–H and O–H groups in total. The number of hydrogen-bond acceptors (Lipinski definition) is 4. The highest BCUT2D eigenvalue weighted by Gasteiger charge is 2.14. The van der Waals surface area contributed by atoms with Crippen LogP contribution in [0.1, 0.15) is 11.3 Å². The van der Waals surface area contributed by atoms with Crippen molar-refractivity contribution in [2.45, 2.75) is 13.8 Å². The van der Waals surface area contributed by atoms with Gasteiger partial charge in [0.05, 0.1) is 14.2 Å². The Morgan fingerprint density at radius 1 is 1.12 bits per heavy atom. The van der Waals surface area contributed by atoms with Crippen LogP contribution in [0.4, 0.5) is 0 Å². The van der Waals surface area contributed by atoms with E-state index in [9.17, 15) is 4.79 Å². The maximum atomic E-state index is 11.8. The lowest BCUT2D eigenvalue weighted by Gasteiger charge is -2.10. The molecule has 0 saturated heterocycles. The van der Waals surface area contributed by atoms with Gasteiger partial charge in [-0.3, -0.25) is 0 Å². The predicted molar refractivity (Wildman–Crippen MR) is 65.1 cm³/mol. The lowest BCUT2D eigenvalue weighted by atomic mass is 10.1. The molecule has 0 aliphatic heterocycles. The van der Waals surface area contributed by atoms with Crippen LogP contribution < -0.4 is 15.1 Å². The summed E-state index contributed by atoms with van der Waals surface area (Å²) in [5, 5.41) is 1.26. The molecule has 1 aromatic heterocycles. The van der Waals surface area contributed by atoms with Gasteiger partial charge < -0.3 is 13.9 Å². The normalized spacial score (nSPS) is 10.6. The monoisotopic (exact) mass is 234 g/mol. The molecule has 0 radical (unpaired) electrons. The molecule has 0 aliphatic carbocycles. The molecule has 0 atom stereocenters. The highest BCUT2D eigenvalue weighted by molar-refractivity contribution is 5.91. The minimum absolute atomic E-state index is 0.386. The molecule has 1 heterocycles. The van der Waals surface area contributed by atoms with Crippen LogP contribution in [-0.4, -0.2) is 14.2 Å². The number of methoxy groups -OCH3 is 2. The molecule has 0 amide bonds. The van der Waals surface area contributed by atoms with E-state index in [1.807, 2.05) is 13.0 Å². The maximum absolute atomic E-state index is 11.8. The summed E-state index contributed by atoms with van der Waals surface area (Å²) >= 11 is 0. The standard InChI is InChI=1S/C13H14O4/c1-7-8(2)17-13(14)12-10(7)5-9(15-3)6-11(12)16-4/h5-6H,1-4H3. The van der Waals surface area contributed by atoms with Gasteiger partial charge >= 0.3 is 5.63 Å². The van der Waals surface area contributed by atoms with Crippen LogP contribution in [0.15, 0.2) is 21.3 Å². The number of fused-ring (bicyclic) bond motifs is 1. The second-order valence-electron chi connectivity index (χ2n) is 3.82. The van der Waals surface area contributed by atoms with Crippen LogP contribution in [0.25, 0.3) is 10.8 Å². The Bertz CT molecular complexity index is 625. The van der Waals surface area contributed by atoms with Gasteiger partial charge in [-0.1, -0.05) is 0 Å². The van der Waals surface area contributed by atoms with Crippen molar-refractivity contribution < 1.29 is 13.9 Å². The molecule has 0 unspecified atom stereocenters. The maximum Gasteiger partial charge on any atom is 0.347 e. The molecule has 0 aliphatic rings. The Kier molecular flexibility index (Phi) is 2.79. The van der Waals surface area contributed by atoms with Crippen LogP contribution >= 0.6 is 0 Å². The Labute approximate surface area is 98.8 Å². The van der Waals surface area contributed by atoms with Crippen molar-refractivity contribution in [3.8, 4) is 11.5 Å². The van der Waals surface area contributed by atoms with Crippen LogP contribution in [0.3, 0.4) is 0 Å². The molecule has 90 valence electrons. The highest BCUT2D eigenvalue weighted by atomic mass is 16.5. The SMILES string of the molecule is COc1cc(OC)c2c(=O)oc(C)c(C)c2c1. The number of aryl methyl sites for hydroxylation is 2. The van der Waals surface area contributed by atoms with E-state index in [-0.39, 0.29) is 5.63 Å². The summed E-state index contributed by atoms with van der Waals surface area (Å²) in [5.74, 6) is 1.73.